The molecule has 6 nitrogen and oxygen atoms in total. The molecular formula is C28H27F3INO5. The van der Waals surface area contributed by atoms with Crippen LogP contribution in [0.25, 0.3) is 11.1 Å². The molecule has 202 valence electrons. The Bertz CT molecular complexity index is 1240. The second-order valence-electron chi connectivity index (χ2n) is 8.32. The van der Waals surface area contributed by atoms with Crippen molar-refractivity contribution in [2.75, 3.05) is 12.0 Å². The van der Waals surface area contributed by atoms with Gasteiger partial charge in [0, 0.05) is 3.57 Å². The molecule has 0 aliphatic heterocycles. The number of anilines is 1. The summed E-state index contributed by atoms with van der Waals surface area (Å²) in [7, 11) is 1.13. The van der Waals surface area contributed by atoms with Crippen molar-refractivity contribution in [1.82, 2.24) is 0 Å². The Kier molecular flexibility index (Phi) is 10.0. The van der Waals surface area contributed by atoms with Crippen LogP contribution in [-0.2, 0) is 20.9 Å². The van der Waals surface area contributed by atoms with Gasteiger partial charge in [-0.05, 0) is 88.5 Å². The number of rotatable bonds is 9. The quantitative estimate of drug-likeness (QED) is 0.141. The zero-order valence-electron chi connectivity index (χ0n) is 21.0. The number of amides is 1. The van der Waals surface area contributed by atoms with Crippen LogP contribution in [0.4, 0.5) is 18.9 Å². The number of nitrogens with zero attached hydrogens (tertiary/aromatic N) is 1. The SMILES string of the molecule is CCC(CC)Oc1ccc(-c2ccc(OC(F)(F)F)cc2)cc1N(Cc1ccc(I)cc1)C(=O)C(=O)OC. The van der Waals surface area contributed by atoms with Crippen LogP contribution in [0.3, 0.4) is 0 Å². The minimum atomic E-state index is -4.80. The molecule has 0 saturated heterocycles. The fourth-order valence-corrected chi connectivity index (χ4v) is 4.09. The van der Waals surface area contributed by atoms with Crippen molar-refractivity contribution in [3.63, 3.8) is 0 Å². The standard InChI is InChI=1S/C28H27F3INO5/c1-4-22(5-2)37-25-15-10-20(19-8-13-23(14-9-19)38-28(29,30)31)16-24(25)33(26(34)27(35)36-3)17-18-6-11-21(32)12-7-18/h6-16,22H,4-5,17H2,1-3H3. The smallest absolute Gasteiger partial charge is 0.488 e. The van der Waals surface area contributed by atoms with E-state index in [0.717, 1.165) is 29.1 Å². The highest BCUT2D eigenvalue weighted by molar-refractivity contribution is 14.1. The number of alkyl halides is 3. The summed E-state index contributed by atoms with van der Waals surface area (Å²) in [6.07, 6.45) is -3.49. The molecule has 3 aromatic carbocycles. The number of carbonyl (C=O) groups is 2. The van der Waals surface area contributed by atoms with Gasteiger partial charge in [0.15, 0.2) is 0 Å². The van der Waals surface area contributed by atoms with Crippen molar-refractivity contribution in [2.45, 2.75) is 45.7 Å². The number of benzene rings is 3. The van der Waals surface area contributed by atoms with Crippen LogP contribution in [-0.4, -0.2) is 31.5 Å². The first-order valence-corrected chi connectivity index (χ1v) is 12.9. The van der Waals surface area contributed by atoms with Gasteiger partial charge in [0.25, 0.3) is 0 Å². The van der Waals surface area contributed by atoms with Crippen molar-refractivity contribution in [1.29, 1.82) is 0 Å². The van der Waals surface area contributed by atoms with Crippen molar-refractivity contribution in [2.24, 2.45) is 0 Å². The number of hydrogen-bond acceptors (Lipinski definition) is 5. The van der Waals surface area contributed by atoms with Gasteiger partial charge in [0.2, 0.25) is 0 Å². The van der Waals surface area contributed by atoms with Crippen LogP contribution >= 0.6 is 22.6 Å². The van der Waals surface area contributed by atoms with Crippen LogP contribution in [0.15, 0.2) is 66.7 Å². The number of methoxy groups -OCH3 is 1. The highest BCUT2D eigenvalue weighted by Crippen LogP contribution is 2.37. The van der Waals surface area contributed by atoms with Crippen molar-refractivity contribution in [3.8, 4) is 22.6 Å². The van der Waals surface area contributed by atoms with E-state index in [1.807, 2.05) is 38.1 Å². The van der Waals surface area contributed by atoms with E-state index in [9.17, 15) is 22.8 Å². The fraction of sp³-hybridized carbons (Fsp3) is 0.286. The number of halogens is 4. The van der Waals surface area contributed by atoms with E-state index in [0.29, 0.717) is 22.6 Å². The highest BCUT2D eigenvalue weighted by atomic mass is 127. The van der Waals surface area contributed by atoms with Gasteiger partial charge in [-0.25, -0.2) is 4.79 Å². The Balaban J connectivity index is 2.10. The van der Waals surface area contributed by atoms with Crippen molar-refractivity contribution < 1.29 is 37.0 Å². The lowest BCUT2D eigenvalue weighted by atomic mass is 10.0. The Morgan fingerprint density at radius 3 is 2.08 bits per heavy atom. The van der Waals surface area contributed by atoms with Crippen LogP contribution in [0, 0.1) is 3.57 Å². The maximum Gasteiger partial charge on any atom is 0.573 e. The number of ether oxygens (including phenoxy) is 3. The Morgan fingerprint density at radius 2 is 1.53 bits per heavy atom. The van der Waals surface area contributed by atoms with Crippen molar-refractivity contribution in [3.05, 3.63) is 75.9 Å². The zero-order valence-corrected chi connectivity index (χ0v) is 23.2. The first-order chi connectivity index (χ1) is 18.0. The second-order valence-corrected chi connectivity index (χ2v) is 9.57. The van der Waals surface area contributed by atoms with Gasteiger partial charge in [-0.3, -0.25) is 9.69 Å². The molecule has 0 radical (unpaired) electrons. The average Bonchev–Trinajstić information content (AvgIpc) is 2.90. The normalized spacial score (nSPS) is 11.3. The molecule has 0 aliphatic rings. The lowest BCUT2D eigenvalue weighted by Gasteiger charge is -2.27. The topological polar surface area (TPSA) is 65.1 Å². The number of hydrogen-bond donors (Lipinski definition) is 0. The fourth-order valence-electron chi connectivity index (χ4n) is 3.73. The highest BCUT2D eigenvalue weighted by Gasteiger charge is 2.31. The number of carbonyl (C=O) groups excluding carboxylic acids is 2. The van der Waals surface area contributed by atoms with E-state index in [4.69, 9.17) is 9.47 Å². The molecule has 38 heavy (non-hydrogen) atoms. The third-order valence-electron chi connectivity index (χ3n) is 5.73. The maximum absolute atomic E-state index is 13.2. The third-order valence-corrected chi connectivity index (χ3v) is 6.45. The first-order valence-electron chi connectivity index (χ1n) is 11.9. The molecule has 0 aromatic heterocycles. The lowest BCUT2D eigenvalue weighted by Crippen LogP contribution is -2.37. The van der Waals surface area contributed by atoms with E-state index in [2.05, 4.69) is 27.3 Å². The van der Waals surface area contributed by atoms with Gasteiger partial charge in [0.05, 0.1) is 25.4 Å². The summed E-state index contributed by atoms with van der Waals surface area (Å²) in [4.78, 5) is 26.9. The minimum absolute atomic E-state index is 0.0615. The first kappa shape index (κ1) is 29.3. The lowest BCUT2D eigenvalue weighted by molar-refractivity contribution is -0.274. The molecule has 0 heterocycles. The zero-order chi connectivity index (χ0) is 27.9. The summed E-state index contributed by atoms with van der Waals surface area (Å²) < 4.78 is 53.6. The third kappa shape index (κ3) is 7.86. The summed E-state index contributed by atoms with van der Waals surface area (Å²) in [6, 6.07) is 18.0. The second kappa shape index (κ2) is 13.0. The minimum Gasteiger partial charge on any atom is -0.488 e. The van der Waals surface area contributed by atoms with E-state index >= 15 is 0 Å². The van der Waals surface area contributed by atoms with E-state index < -0.39 is 18.2 Å². The molecule has 1 amide bonds. The predicted octanol–water partition coefficient (Wildman–Crippen LogP) is 7.13. The van der Waals surface area contributed by atoms with E-state index in [1.54, 1.807) is 18.2 Å². The molecule has 0 unspecified atom stereocenters. The van der Waals surface area contributed by atoms with Crippen LogP contribution in [0.5, 0.6) is 11.5 Å². The Hall–Kier alpha value is -3.28. The van der Waals surface area contributed by atoms with Gasteiger partial charge in [0.1, 0.15) is 11.5 Å². The summed E-state index contributed by atoms with van der Waals surface area (Å²) in [6.45, 7) is 4.03. The molecule has 3 rings (SSSR count). The van der Waals surface area contributed by atoms with E-state index in [-0.39, 0.29) is 18.4 Å². The Morgan fingerprint density at radius 1 is 0.921 bits per heavy atom. The molecule has 3 aromatic rings. The summed E-state index contributed by atoms with van der Waals surface area (Å²) in [5.74, 6) is -1.88. The maximum atomic E-state index is 13.2. The van der Waals surface area contributed by atoms with Gasteiger partial charge >= 0.3 is 18.2 Å². The molecule has 0 N–H and O–H groups in total. The number of esters is 1. The molecule has 10 heteroatoms. The van der Waals surface area contributed by atoms with Gasteiger partial charge in [-0.2, -0.15) is 0 Å². The van der Waals surface area contributed by atoms with Crippen LogP contribution < -0.4 is 14.4 Å². The molecule has 0 saturated carbocycles. The summed E-state index contributed by atoms with van der Waals surface area (Å²) >= 11 is 2.17. The van der Waals surface area contributed by atoms with E-state index in [1.165, 1.54) is 29.2 Å². The molecule has 0 aliphatic carbocycles. The van der Waals surface area contributed by atoms with Crippen LogP contribution in [0.1, 0.15) is 32.3 Å². The monoisotopic (exact) mass is 641 g/mol. The molecule has 0 spiro atoms. The predicted molar refractivity (Wildman–Crippen MR) is 146 cm³/mol. The molecular weight excluding hydrogens is 614 g/mol. The van der Waals surface area contributed by atoms with Gasteiger partial charge in [-0.1, -0.05) is 44.2 Å². The van der Waals surface area contributed by atoms with Gasteiger partial charge in [-0.15, -0.1) is 13.2 Å². The van der Waals surface area contributed by atoms with Crippen molar-refractivity contribution >= 4 is 40.2 Å². The largest absolute Gasteiger partial charge is 0.573 e. The summed E-state index contributed by atoms with van der Waals surface area (Å²) in [5, 5.41) is 0. The summed E-state index contributed by atoms with van der Waals surface area (Å²) in [5.41, 5.74) is 2.28. The average molecular weight is 641 g/mol. The molecule has 0 atom stereocenters. The Labute approximate surface area is 232 Å². The molecule has 0 fully saturated rings. The van der Waals surface area contributed by atoms with Crippen LogP contribution in [0.2, 0.25) is 0 Å². The molecule has 0 bridgehead atoms. The van der Waals surface area contributed by atoms with Gasteiger partial charge < -0.3 is 14.2 Å².